The summed E-state index contributed by atoms with van der Waals surface area (Å²) >= 11 is 0. The number of nitrogens with zero attached hydrogens (tertiary/aromatic N) is 4. The SMILES string of the molecule is Cc1ccc(OC[C@@H](O)CN2C(=O)N(CN3C(=O)N(C[C@@H](O)COc4ccc(C)cc4)C(=O)C3(C)C)C(C)(C)C2=O)cc1. The molecule has 0 spiro atoms. The average Bonchev–Trinajstić information content (AvgIpc) is 3.21. The Morgan fingerprint density at radius 1 is 0.628 bits per heavy atom. The summed E-state index contributed by atoms with van der Waals surface area (Å²) < 4.78 is 11.2. The van der Waals surface area contributed by atoms with Crippen molar-refractivity contribution in [1.29, 1.82) is 0 Å². The van der Waals surface area contributed by atoms with Crippen LogP contribution in [0.2, 0.25) is 0 Å². The van der Waals surface area contributed by atoms with E-state index >= 15 is 0 Å². The van der Waals surface area contributed by atoms with Crippen LogP contribution in [-0.2, 0) is 9.59 Å². The zero-order valence-corrected chi connectivity index (χ0v) is 25.4. The van der Waals surface area contributed by atoms with E-state index in [1.54, 1.807) is 52.0 Å². The number of aryl methyl sites for hydroxylation is 2. The molecular formula is C31H40N4O8. The predicted octanol–water partition coefficient (Wildman–Crippen LogP) is 2.53. The van der Waals surface area contributed by atoms with Gasteiger partial charge in [0.2, 0.25) is 0 Å². The minimum atomic E-state index is -1.36. The molecule has 2 saturated heterocycles. The molecule has 4 rings (SSSR count). The molecule has 0 aliphatic carbocycles. The molecule has 232 valence electrons. The molecule has 12 heteroatoms. The van der Waals surface area contributed by atoms with Gasteiger partial charge in [0.25, 0.3) is 11.8 Å². The van der Waals surface area contributed by atoms with Crippen LogP contribution in [0.25, 0.3) is 0 Å². The van der Waals surface area contributed by atoms with Gasteiger partial charge < -0.3 is 19.7 Å². The van der Waals surface area contributed by atoms with E-state index in [9.17, 15) is 29.4 Å². The van der Waals surface area contributed by atoms with Gasteiger partial charge in [-0.25, -0.2) is 9.59 Å². The van der Waals surface area contributed by atoms with Gasteiger partial charge in [0.1, 0.15) is 54.7 Å². The highest BCUT2D eigenvalue weighted by atomic mass is 16.5. The lowest BCUT2D eigenvalue weighted by Gasteiger charge is -2.36. The summed E-state index contributed by atoms with van der Waals surface area (Å²) in [6, 6.07) is 13.1. The van der Waals surface area contributed by atoms with Gasteiger partial charge >= 0.3 is 12.1 Å². The van der Waals surface area contributed by atoms with Gasteiger partial charge in [-0.05, 0) is 65.8 Å². The van der Waals surface area contributed by atoms with Gasteiger partial charge in [-0.1, -0.05) is 35.4 Å². The Hall–Kier alpha value is -4.16. The summed E-state index contributed by atoms with van der Waals surface area (Å²) in [6.45, 7) is 8.80. The fraction of sp³-hybridized carbons (Fsp3) is 0.484. The molecular weight excluding hydrogens is 556 g/mol. The van der Waals surface area contributed by atoms with Crippen molar-refractivity contribution in [2.45, 2.75) is 64.8 Å². The van der Waals surface area contributed by atoms with Crippen molar-refractivity contribution in [3.8, 4) is 11.5 Å². The maximum atomic E-state index is 13.5. The Balaban J connectivity index is 1.39. The Morgan fingerprint density at radius 3 is 1.28 bits per heavy atom. The first kappa shape index (κ1) is 31.8. The quantitative estimate of drug-likeness (QED) is 0.357. The van der Waals surface area contributed by atoms with Gasteiger partial charge in [-0.15, -0.1) is 0 Å². The number of carbonyl (C=O) groups excluding carboxylic acids is 4. The van der Waals surface area contributed by atoms with Crippen LogP contribution in [0.5, 0.6) is 11.5 Å². The van der Waals surface area contributed by atoms with Crippen molar-refractivity contribution >= 4 is 23.9 Å². The smallest absolute Gasteiger partial charge is 0.329 e. The highest BCUT2D eigenvalue weighted by molar-refractivity contribution is 6.08. The van der Waals surface area contributed by atoms with Crippen LogP contribution in [0.15, 0.2) is 48.5 Å². The Morgan fingerprint density at radius 2 is 0.953 bits per heavy atom. The third-order valence-electron chi connectivity index (χ3n) is 7.81. The van der Waals surface area contributed by atoms with Gasteiger partial charge in [0.15, 0.2) is 0 Å². The number of imide groups is 2. The first-order valence-corrected chi connectivity index (χ1v) is 14.1. The second kappa shape index (κ2) is 12.2. The van der Waals surface area contributed by atoms with E-state index in [2.05, 4.69) is 0 Å². The number of hydrogen-bond donors (Lipinski definition) is 2. The van der Waals surface area contributed by atoms with Crippen molar-refractivity contribution in [2.24, 2.45) is 0 Å². The fourth-order valence-corrected chi connectivity index (χ4v) is 4.95. The van der Waals surface area contributed by atoms with Gasteiger partial charge in [-0.2, -0.15) is 0 Å². The summed E-state index contributed by atoms with van der Waals surface area (Å²) in [5, 5.41) is 21.1. The van der Waals surface area contributed by atoms with Gasteiger partial charge in [0.05, 0.1) is 13.1 Å². The summed E-state index contributed by atoms with van der Waals surface area (Å²) in [5.41, 5.74) is -0.612. The number of urea groups is 2. The average molecular weight is 597 g/mol. The first-order chi connectivity index (χ1) is 20.1. The largest absolute Gasteiger partial charge is 0.491 e. The number of aliphatic hydroxyl groups is 2. The van der Waals surface area contributed by atoms with E-state index in [1.165, 1.54) is 9.80 Å². The molecule has 2 aliphatic heterocycles. The fourth-order valence-electron chi connectivity index (χ4n) is 4.95. The minimum Gasteiger partial charge on any atom is -0.491 e. The molecule has 2 atom stereocenters. The van der Waals surface area contributed by atoms with Crippen molar-refractivity contribution in [3.05, 3.63) is 59.7 Å². The summed E-state index contributed by atoms with van der Waals surface area (Å²) in [4.78, 5) is 57.7. The van der Waals surface area contributed by atoms with Gasteiger partial charge in [-0.3, -0.25) is 29.2 Å². The Kier molecular flexibility index (Phi) is 9.02. The topological polar surface area (TPSA) is 140 Å². The molecule has 2 aromatic rings. The number of amides is 6. The van der Waals surface area contributed by atoms with Crippen LogP contribution < -0.4 is 9.47 Å². The molecule has 0 aromatic heterocycles. The second-order valence-corrected chi connectivity index (χ2v) is 12.1. The molecule has 43 heavy (non-hydrogen) atoms. The lowest BCUT2D eigenvalue weighted by molar-refractivity contribution is -0.134. The van der Waals surface area contributed by atoms with Crippen LogP contribution >= 0.6 is 0 Å². The highest BCUT2D eigenvalue weighted by Crippen LogP contribution is 2.33. The third kappa shape index (κ3) is 6.60. The van der Waals surface area contributed by atoms with E-state index in [0.29, 0.717) is 11.5 Å². The lowest BCUT2D eigenvalue weighted by Crippen LogP contribution is -2.55. The Labute approximate surface area is 251 Å². The van der Waals surface area contributed by atoms with Crippen LogP contribution in [0, 0.1) is 13.8 Å². The normalized spacial score (nSPS) is 19.3. The number of hydrogen-bond acceptors (Lipinski definition) is 8. The van der Waals surface area contributed by atoms with E-state index in [4.69, 9.17) is 9.47 Å². The molecule has 2 fully saturated rings. The van der Waals surface area contributed by atoms with E-state index in [-0.39, 0.29) is 33.0 Å². The number of carbonyl (C=O) groups is 4. The molecule has 2 heterocycles. The molecule has 12 nitrogen and oxygen atoms in total. The Bertz CT molecular complexity index is 1260. The number of benzene rings is 2. The maximum Gasteiger partial charge on any atom is 0.329 e. The second-order valence-electron chi connectivity index (χ2n) is 12.1. The number of rotatable bonds is 12. The maximum absolute atomic E-state index is 13.5. The lowest BCUT2D eigenvalue weighted by atomic mass is 10.0. The molecule has 2 aliphatic rings. The summed E-state index contributed by atoms with van der Waals surface area (Å²) in [6.07, 6.45) is -2.31. The monoisotopic (exact) mass is 596 g/mol. The molecule has 0 bridgehead atoms. The van der Waals surface area contributed by atoms with E-state index in [0.717, 1.165) is 20.9 Å². The number of aliphatic hydroxyl groups excluding tert-OH is 2. The molecule has 0 unspecified atom stereocenters. The highest BCUT2D eigenvalue weighted by Gasteiger charge is 2.57. The molecule has 0 saturated carbocycles. The van der Waals surface area contributed by atoms with Crippen molar-refractivity contribution in [2.75, 3.05) is 33.0 Å². The van der Waals surface area contributed by atoms with Crippen molar-refractivity contribution in [3.63, 3.8) is 0 Å². The third-order valence-corrected chi connectivity index (χ3v) is 7.81. The van der Waals surface area contributed by atoms with Crippen molar-refractivity contribution in [1.82, 2.24) is 19.6 Å². The van der Waals surface area contributed by atoms with Crippen LogP contribution in [-0.4, -0.2) is 110 Å². The number of ether oxygens (including phenoxy) is 2. The van der Waals surface area contributed by atoms with E-state index in [1.807, 2.05) is 38.1 Å². The van der Waals surface area contributed by atoms with Crippen LogP contribution in [0.3, 0.4) is 0 Å². The molecule has 2 aromatic carbocycles. The first-order valence-electron chi connectivity index (χ1n) is 14.1. The van der Waals surface area contributed by atoms with Crippen LogP contribution in [0.4, 0.5) is 9.59 Å². The predicted molar refractivity (Wildman–Crippen MR) is 156 cm³/mol. The standard InChI is InChI=1S/C31H40N4O8/c1-20-7-11-24(12-8-20)42-17-22(36)15-32-26(38)30(3,4)34(28(32)40)19-35-29(41)33(27(39)31(35,5)6)16-23(37)18-43-25-13-9-21(2)10-14-25/h7-14,22-23,36-37H,15-19H2,1-6H3/t22-,23+. The van der Waals surface area contributed by atoms with E-state index < -0.39 is 47.2 Å². The molecule has 0 radical (unpaired) electrons. The van der Waals surface area contributed by atoms with Crippen LogP contribution in [0.1, 0.15) is 38.8 Å². The zero-order chi connectivity index (χ0) is 31.7. The molecule has 2 N–H and O–H groups in total. The number of β-amino-alcohol motifs (C(OH)–C–C–N with tert-alkyl or cyclic N) is 2. The zero-order valence-electron chi connectivity index (χ0n) is 25.4. The molecule has 6 amide bonds. The van der Waals surface area contributed by atoms with Gasteiger partial charge in [0, 0.05) is 0 Å². The minimum absolute atomic E-state index is 0.141. The van der Waals surface area contributed by atoms with Crippen molar-refractivity contribution < 1.29 is 38.9 Å². The summed E-state index contributed by atoms with van der Waals surface area (Å²) in [5.74, 6) is -0.0191. The summed E-state index contributed by atoms with van der Waals surface area (Å²) in [7, 11) is 0.